The summed E-state index contributed by atoms with van der Waals surface area (Å²) in [7, 11) is 0. The van der Waals surface area contributed by atoms with E-state index in [1.807, 2.05) is 24.4 Å². The van der Waals surface area contributed by atoms with Crippen molar-refractivity contribution in [2.75, 3.05) is 11.9 Å². The Balaban J connectivity index is 1.88. The molecule has 0 aliphatic rings. The summed E-state index contributed by atoms with van der Waals surface area (Å²) in [5.74, 6) is 0.681. The van der Waals surface area contributed by atoms with Crippen LogP contribution >= 0.6 is 11.3 Å². The molecule has 0 aliphatic carbocycles. The monoisotopic (exact) mass is 303 g/mol. The Morgan fingerprint density at radius 2 is 2.33 bits per heavy atom. The van der Waals surface area contributed by atoms with Crippen LogP contribution in [0.5, 0.6) is 5.75 Å². The minimum absolute atomic E-state index is 0.269. The fraction of sp³-hybridized carbons (Fsp3) is 0.200. The van der Waals surface area contributed by atoms with Crippen LogP contribution in [0.25, 0.3) is 0 Å². The first-order chi connectivity index (χ1) is 10.1. The lowest BCUT2D eigenvalue weighted by atomic mass is 10.3. The van der Waals surface area contributed by atoms with Crippen molar-refractivity contribution in [1.29, 1.82) is 0 Å². The van der Waals surface area contributed by atoms with Gasteiger partial charge in [-0.15, -0.1) is 11.3 Å². The van der Waals surface area contributed by atoms with E-state index in [9.17, 15) is 4.79 Å². The quantitative estimate of drug-likeness (QED) is 0.804. The van der Waals surface area contributed by atoms with Crippen LogP contribution in [0.3, 0.4) is 0 Å². The van der Waals surface area contributed by atoms with Gasteiger partial charge in [-0.2, -0.15) is 0 Å². The Kier molecular flexibility index (Phi) is 5.34. The maximum absolute atomic E-state index is 11.7. The number of urea groups is 1. The number of benzene rings is 1. The Bertz CT molecular complexity index is 611. The highest BCUT2D eigenvalue weighted by molar-refractivity contribution is 7.07. The molecule has 2 rings (SSSR count). The third kappa shape index (κ3) is 5.27. The topological polar surface area (TPSA) is 63.2 Å². The van der Waals surface area contributed by atoms with Crippen LogP contribution in [0.4, 0.5) is 10.5 Å². The number of thiazole rings is 1. The number of carbonyl (C=O) groups excluding carboxylic acids is 1. The number of hydrogen-bond acceptors (Lipinski definition) is 4. The van der Waals surface area contributed by atoms with Crippen molar-refractivity contribution in [2.45, 2.75) is 13.5 Å². The van der Waals surface area contributed by atoms with Crippen LogP contribution in [-0.2, 0) is 6.61 Å². The standard InChI is InChI=1S/C15H17N3O2S/c1-11(2)7-16-15(19)18-12-4-3-5-14(6-12)20-8-13-9-21-10-17-13/h3-6,9-10H,1,7-8H2,2H3,(H2,16,18,19). The predicted molar refractivity (Wildman–Crippen MR) is 84.7 cm³/mol. The van der Waals surface area contributed by atoms with E-state index in [2.05, 4.69) is 22.2 Å². The SMILES string of the molecule is C=C(C)CNC(=O)Nc1cccc(OCc2cscn2)c1. The Morgan fingerprint density at radius 3 is 3.05 bits per heavy atom. The Hall–Kier alpha value is -2.34. The zero-order valence-corrected chi connectivity index (χ0v) is 12.6. The third-order valence-corrected chi connectivity index (χ3v) is 3.15. The van der Waals surface area contributed by atoms with Gasteiger partial charge in [0.2, 0.25) is 0 Å². The minimum Gasteiger partial charge on any atom is -0.487 e. The molecular weight excluding hydrogens is 286 g/mol. The van der Waals surface area contributed by atoms with Crippen molar-refractivity contribution in [3.8, 4) is 5.75 Å². The summed E-state index contributed by atoms with van der Waals surface area (Å²) in [5.41, 5.74) is 4.22. The molecule has 0 saturated carbocycles. The van der Waals surface area contributed by atoms with E-state index in [1.54, 1.807) is 17.6 Å². The predicted octanol–water partition coefficient (Wildman–Crippen LogP) is 3.42. The summed E-state index contributed by atoms with van der Waals surface area (Å²) in [6.45, 7) is 6.45. The first kappa shape index (κ1) is 15.1. The van der Waals surface area contributed by atoms with Crippen LogP contribution in [0.1, 0.15) is 12.6 Å². The number of hydrogen-bond donors (Lipinski definition) is 2. The number of nitrogens with zero attached hydrogens (tertiary/aromatic N) is 1. The molecule has 110 valence electrons. The van der Waals surface area contributed by atoms with Gasteiger partial charge in [0.05, 0.1) is 11.2 Å². The molecule has 1 heterocycles. The highest BCUT2D eigenvalue weighted by Crippen LogP contribution is 2.18. The first-order valence-corrected chi connectivity index (χ1v) is 7.37. The maximum atomic E-state index is 11.7. The summed E-state index contributed by atoms with van der Waals surface area (Å²) in [6.07, 6.45) is 0. The van der Waals surface area contributed by atoms with Crippen LogP contribution in [0, 0.1) is 0 Å². The van der Waals surface area contributed by atoms with Gasteiger partial charge < -0.3 is 15.4 Å². The molecule has 0 fully saturated rings. The van der Waals surface area contributed by atoms with E-state index >= 15 is 0 Å². The molecule has 1 aromatic carbocycles. The van der Waals surface area contributed by atoms with E-state index in [0.29, 0.717) is 24.6 Å². The van der Waals surface area contributed by atoms with Crippen LogP contribution in [0.2, 0.25) is 0 Å². The molecule has 21 heavy (non-hydrogen) atoms. The molecule has 0 atom stereocenters. The van der Waals surface area contributed by atoms with Crippen molar-refractivity contribution < 1.29 is 9.53 Å². The second-order valence-electron chi connectivity index (χ2n) is 4.56. The van der Waals surface area contributed by atoms with Gasteiger partial charge >= 0.3 is 6.03 Å². The van der Waals surface area contributed by atoms with E-state index in [4.69, 9.17) is 4.74 Å². The van der Waals surface area contributed by atoms with Crippen molar-refractivity contribution in [1.82, 2.24) is 10.3 Å². The maximum Gasteiger partial charge on any atom is 0.319 e. The molecule has 6 heteroatoms. The summed E-state index contributed by atoms with van der Waals surface area (Å²) < 4.78 is 5.63. The largest absolute Gasteiger partial charge is 0.487 e. The number of anilines is 1. The number of nitrogens with one attached hydrogen (secondary N) is 2. The average molecular weight is 303 g/mol. The number of amides is 2. The van der Waals surface area contributed by atoms with E-state index in [0.717, 1.165) is 11.3 Å². The molecule has 0 aliphatic heterocycles. The molecule has 0 unspecified atom stereocenters. The van der Waals surface area contributed by atoms with Crippen LogP contribution in [-0.4, -0.2) is 17.6 Å². The lowest BCUT2D eigenvalue weighted by molar-refractivity contribution is 0.253. The van der Waals surface area contributed by atoms with Crippen molar-refractivity contribution in [3.05, 3.63) is 53.0 Å². The lowest BCUT2D eigenvalue weighted by Gasteiger charge is -2.09. The summed E-state index contributed by atoms with van der Waals surface area (Å²) in [6, 6.07) is 6.96. The number of aromatic nitrogens is 1. The Labute approximate surface area is 127 Å². The minimum atomic E-state index is -0.269. The van der Waals surface area contributed by atoms with E-state index < -0.39 is 0 Å². The second kappa shape index (κ2) is 7.44. The molecule has 0 bridgehead atoms. The number of ether oxygens (including phenoxy) is 1. The zero-order valence-electron chi connectivity index (χ0n) is 11.8. The van der Waals surface area contributed by atoms with E-state index in [1.165, 1.54) is 11.3 Å². The third-order valence-electron chi connectivity index (χ3n) is 2.51. The summed E-state index contributed by atoms with van der Waals surface area (Å²) in [4.78, 5) is 15.8. The van der Waals surface area contributed by atoms with Gasteiger partial charge in [-0.25, -0.2) is 9.78 Å². The zero-order chi connectivity index (χ0) is 15.1. The number of carbonyl (C=O) groups is 1. The summed E-state index contributed by atoms with van der Waals surface area (Å²) >= 11 is 1.53. The molecule has 5 nitrogen and oxygen atoms in total. The average Bonchev–Trinajstić information content (AvgIpc) is 2.97. The number of rotatable bonds is 6. The molecular formula is C15H17N3O2S. The Morgan fingerprint density at radius 1 is 1.48 bits per heavy atom. The van der Waals surface area contributed by atoms with Crippen LogP contribution in [0.15, 0.2) is 47.3 Å². The second-order valence-corrected chi connectivity index (χ2v) is 5.28. The normalized spacial score (nSPS) is 9.95. The molecule has 2 N–H and O–H groups in total. The van der Waals surface area contributed by atoms with E-state index in [-0.39, 0.29) is 6.03 Å². The molecule has 0 radical (unpaired) electrons. The van der Waals surface area contributed by atoms with Crippen molar-refractivity contribution in [3.63, 3.8) is 0 Å². The molecule has 1 aromatic heterocycles. The van der Waals surface area contributed by atoms with Crippen molar-refractivity contribution >= 4 is 23.1 Å². The van der Waals surface area contributed by atoms with Gasteiger partial charge in [0.15, 0.2) is 0 Å². The highest BCUT2D eigenvalue weighted by Gasteiger charge is 2.03. The molecule has 2 amide bonds. The van der Waals surface area contributed by atoms with Gasteiger partial charge in [0.25, 0.3) is 0 Å². The fourth-order valence-corrected chi connectivity index (χ4v) is 2.08. The van der Waals surface area contributed by atoms with Gasteiger partial charge in [0.1, 0.15) is 12.4 Å². The lowest BCUT2D eigenvalue weighted by Crippen LogP contribution is -2.29. The van der Waals surface area contributed by atoms with Gasteiger partial charge in [-0.3, -0.25) is 0 Å². The van der Waals surface area contributed by atoms with Gasteiger partial charge in [-0.05, 0) is 19.1 Å². The van der Waals surface area contributed by atoms with Gasteiger partial charge in [0, 0.05) is 23.7 Å². The fourth-order valence-electron chi connectivity index (χ4n) is 1.54. The smallest absolute Gasteiger partial charge is 0.319 e. The van der Waals surface area contributed by atoms with Crippen LogP contribution < -0.4 is 15.4 Å². The first-order valence-electron chi connectivity index (χ1n) is 6.42. The molecule has 0 spiro atoms. The highest BCUT2D eigenvalue weighted by atomic mass is 32.1. The molecule has 2 aromatic rings. The molecule has 0 saturated heterocycles. The van der Waals surface area contributed by atoms with Gasteiger partial charge in [-0.1, -0.05) is 18.2 Å². The van der Waals surface area contributed by atoms with Crippen molar-refractivity contribution in [2.24, 2.45) is 0 Å². The summed E-state index contributed by atoms with van der Waals surface area (Å²) in [5, 5.41) is 7.39.